The van der Waals surface area contributed by atoms with Crippen LogP contribution in [0.4, 0.5) is 0 Å². The van der Waals surface area contributed by atoms with E-state index in [1.165, 1.54) is 37.0 Å². The molecule has 2 saturated heterocycles. The number of rotatable bonds is 7. The van der Waals surface area contributed by atoms with Gasteiger partial charge in [-0.1, -0.05) is 12.8 Å². The van der Waals surface area contributed by atoms with Crippen LogP contribution in [0.3, 0.4) is 0 Å². The molecule has 0 spiro atoms. The minimum atomic E-state index is -2.99. The van der Waals surface area contributed by atoms with Crippen LogP contribution in [0.5, 0.6) is 0 Å². The van der Waals surface area contributed by atoms with Crippen molar-refractivity contribution >= 4 is 33.7 Å². The molecule has 3 aliphatic rings. The van der Waals surface area contributed by atoms with E-state index >= 15 is 0 Å². The van der Waals surface area contributed by atoms with Gasteiger partial charge in [0.05, 0.1) is 11.8 Å². The Morgan fingerprint density at radius 2 is 1.79 bits per heavy atom. The number of thiophene rings is 1. The Bertz CT molecular complexity index is 895. The van der Waals surface area contributed by atoms with Gasteiger partial charge in [0.15, 0.2) is 0 Å². The summed E-state index contributed by atoms with van der Waals surface area (Å²) < 4.78 is 23.1. The van der Waals surface area contributed by atoms with Gasteiger partial charge < -0.3 is 15.1 Å². The summed E-state index contributed by atoms with van der Waals surface area (Å²) in [7, 11) is -1.22. The fourth-order valence-electron chi connectivity index (χ4n) is 5.37. The van der Waals surface area contributed by atoms with Crippen LogP contribution in [-0.2, 0) is 14.8 Å². The molecule has 1 saturated carbocycles. The summed E-state index contributed by atoms with van der Waals surface area (Å²) in [6.45, 7) is 3.72. The van der Waals surface area contributed by atoms with Gasteiger partial charge in [-0.2, -0.15) is 0 Å². The number of nitrogens with one attached hydrogen (secondary N) is 2. The number of carbonyl (C=O) groups excluding carboxylic acids is 2. The first-order chi connectivity index (χ1) is 16.3. The molecule has 34 heavy (non-hydrogen) atoms. The van der Waals surface area contributed by atoms with Crippen molar-refractivity contribution in [1.29, 1.82) is 0 Å². The molecule has 0 radical (unpaired) electrons. The molecule has 1 aliphatic carbocycles. The Kier molecular flexibility index (Phi) is 10.4. The molecule has 3 heterocycles. The van der Waals surface area contributed by atoms with E-state index in [0.717, 1.165) is 63.0 Å². The standard InChI is InChI=1S/C20H28N2O2S.C4H12N2O2S/c23-14-21-10-7-16(8-11-21)19-12-17(13-25-19)20(24)22-9-3-5-15-4-1-2-6-18(15)22;1-5-3-4-6-9(2,7)8/h12-16,18H,1-11H2;5-6H,3-4H2,1-2H3. The Morgan fingerprint density at radius 1 is 1.09 bits per heavy atom. The van der Waals surface area contributed by atoms with Gasteiger partial charge in [0.2, 0.25) is 16.4 Å². The molecule has 4 rings (SSSR count). The molecule has 192 valence electrons. The Balaban J connectivity index is 0.000000309. The molecule has 10 heteroatoms. The Hall–Kier alpha value is -1.49. The van der Waals surface area contributed by atoms with Crippen LogP contribution in [-0.4, -0.2) is 82.6 Å². The minimum Gasteiger partial charge on any atom is -0.345 e. The topological polar surface area (TPSA) is 98.8 Å². The molecule has 8 nitrogen and oxygen atoms in total. The average Bonchev–Trinajstić information content (AvgIpc) is 3.33. The van der Waals surface area contributed by atoms with Crippen LogP contribution < -0.4 is 10.0 Å². The highest BCUT2D eigenvalue weighted by atomic mass is 32.2. The number of hydrogen-bond acceptors (Lipinski definition) is 6. The number of carbonyl (C=O) groups is 2. The van der Waals surface area contributed by atoms with Gasteiger partial charge in [0.25, 0.3) is 5.91 Å². The monoisotopic (exact) mass is 512 g/mol. The highest BCUT2D eigenvalue weighted by Gasteiger charge is 2.36. The number of likely N-dealkylation sites (N-methyl/N-ethyl adjacent to an activating group) is 1. The van der Waals surface area contributed by atoms with Gasteiger partial charge in [-0.3, -0.25) is 9.59 Å². The molecule has 3 fully saturated rings. The highest BCUT2D eigenvalue weighted by molar-refractivity contribution is 7.88. The van der Waals surface area contributed by atoms with Crippen LogP contribution in [0.2, 0.25) is 0 Å². The maximum absolute atomic E-state index is 13.1. The smallest absolute Gasteiger partial charge is 0.254 e. The molecule has 2 aliphatic heterocycles. The zero-order chi connectivity index (χ0) is 24.6. The zero-order valence-corrected chi connectivity index (χ0v) is 22.1. The van der Waals surface area contributed by atoms with Gasteiger partial charge >= 0.3 is 0 Å². The molecule has 1 aromatic rings. The summed E-state index contributed by atoms with van der Waals surface area (Å²) in [5.74, 6) is 1.49. The molecule has 0 aromatic carbocycles. The molecule has 2 unspecified atom stereocenters. The van der Waals surface area contributed by atoms with Crippen LogP contribution >= 0.6 is 11.3 Å². The molecule has 2 amide bonds. The average molecular weight is 513 g/mol. The van der Waals surface area contributed by atoms with Gasteiger partial charge in [-0.05, 0) is 63.5 Å². The van der Waals surface area contributed by atoms with Gasteiger partial charge in [0.1, 0.15) is 0 Å². The van der Waals surface area contributed by atoms with Crippen molar-refractivity contribution in [2.45, 2.75) is 63.3 Å². The van der Waals surface area contributed by atoms with E-state index in [1.54, 1.807) is 18.4 Å². The van der Waals surface area contributed by atoms with Crippen molar-refractivity contribution in [3.63, 3.8) is 0 Å². The van der Waals surface area contributed by atoms with E-state index in [9.17, 15) is 18.0 Å². The lowest BCUT2D eigenvalue weighted by molar-refractivity contribution is -0.119. The van der Waals surface area contributed by atoms with Gasteiger partial charge in [-0.15, -0.1) is 11.3 Å². The van der Waals surface area contributed by atoms with Gasteiger partial charge in [0, 0.05) is 49.0 Å². The molecule has 0 bridgehead atoms. The SMILES string of the molecule is CNCCNS(C)(=O)=O.O=CN1CCC(c2cc(C(=O)N3CCCC4CCCCC43)cs2)CC1. The van der Waals surface area contributed by atoms with Crippen molar-refractivity contribution < 1.29 is 18.0 Å². The van der Waals surface area contributed by atoms with Crippen LogP contribution in [0.25, 0.3) is 0 Å². The van der Waals surface area contributed by atoms with Crippen molar-refractivity contribution in [2.75, 3.05) is 46.0 Å². The normalized spacial score (nSPS) is 23.6. The maximum Gasteiger partial charge on any atom is 0.254 e. The van der Waals surface area contributed by atoms with E-state index < -0.39 is 10.0 Å². The summed E-state index contributed by atoms with van der Waals surface area (Å²) in [6.07, 6.45) is 11.7. The predicted octanol–water partition coefficient (Wildman–Crippen LogP) is 2.63. The quantitative estimate of drug-likeness (QED) is 0.432. The Morgan fingerprint density at radius 3 is 2.47 bits per heavy atom. The lowest BCUT2D eigenvalue weighted by Crippen LogP contribution is -2.49. The van der Waals surface area contributed by atoms with E-state index in [2.05, 4.69) is 26.4 Å². The lowest BCUT2D eigenvalue weighted by Gasteiger charge is -2.44. The summed E-state index contributed by atoms with van der Waals surface area (Å²) >= 11 is 1.73. The maximum atomic E-state index is 13.1. The fourth-order valence-corrected chi connectivity index (χ4v) is 6.90. The molecular formula is C24H40N4O4S2. The summed E-state index contributed by atoms with van der Waals surface area (Å²) in [5.41, 5.74) is 0.893. The molecule has 1 aromatic heterocycles. The van der Waals surface area contributed by atoms with Crippen molar-refractivity contribution in [3.8, 4) is 0 Å². The van der Waals surface area contributed by atoms with E-state index in [0.29, 0.717) is 25.0 Å². The highest BCUT2D eigenvalue weighted by Crippen LogP contribution is 2.37. The first-order valence-corrected chi connectivity index (χ1v) is 15.3. The largest absolute Gasteiger partial charge is 0.345 e. The molecular weight excluding hydrogens is 472 g/mol. The van der Waals surface area contributed by atoms with E-state index in [-0.39, 0.29) is 5.91 Å². The van der Waals surface area contributed by atoms with Crippen LogP contribution in [0.1, 0.15) is 72.5 Å². The van der Waals surface area contributed by atoms with Gasteiger partial charge in [-0.25, -0.2) is 13.1 Å². The molecule has 2 atom stereocenters. The first-order valence-electron chi connectivity index (χ1n) is 12.5. The third-order valence-electron chi connectivity index (χ3n) is 7.19. The number of nitrogens with zero attached hydrogens (tertiary/aromatic N) is 2. The van der Waals surface area contributed by atoms with Crippen molar-refractivity contribution in [3.05, 3.63) is 21.9 Å². The summed E-state index contributed by atoms with van der Waals surface area (Å²) in [4.78, 5) is 29.4. The second-order valence-electron chi connectivity index (χ2n) is 9.68. The Labute approximate surface area is 208 Å². The number of likely N-dealkylation sites (tertiary alicyclic amines) is 2. The fraction of sp³-hybridized carbons (Fsp3) is 0.750. The molecule has 2 N–H and O–H groups in total. The van der Waals surface area contributed by atoms with Crippen LogP contribution in [0, 0.1) is 5.92 Å². The number of piperidine rings is 2. The minimum absolute atomic E-state index is 0.254. The number of hydrogen-bond donors (Lipinski definition) is 2. The summed E-state index contributed by atoms with van der Waals surface area (Å²) in [6, 6.07) is 2.62. The van der Waals surface area contributed by atoms with E-state index in [1.807, 2.05) is 4.90 Å². The lowest BCUT2D eigenvalue weighted by atomic mass is 9.78. The van der Waals surface area contributed by atoms with Crippen molar-refractivity contribution in [1.82, 2.24) is 19.8 Å². The van der Waals surface area contributed by atoms with E-state index in [4.69, 9.17) is 0 Å². The third-order valence-corrected chi connectivity index (χ3v) is 9.01. The summed E-state index contributed by atoms with van der Waals surface area (Å²) in [5, 5.41) is 4.88. The van der Waals surface area contributed by atoms with Crippen LogP contribution in [0.15, 0.2) is 11.4 Å². The van der Waals surface area contributed by atoms with Crippen molar-refractivity contribution in [2.24, 2.45) is 5.92 Å². The number of sulfonamides is 1. The second-order valence-corrected chi connectivity index (χ2v) is 12.5. The number of fused-ring (bicyclic) bond motifs is 1. The second kappa shape index (κ2) is 13.0. The first kappa shape index (κ1) is 27.1. The third kappa shape index (κ3) is 7.76. The predicted molar refractivity (Wildman–Crippen MR) is 137 cm³/mol. The number of amides is 2. The zero-order valence-electron chi connectivity index (χ0n) is 20.5.